The molecule has 0 fully saturated rings. The van der Waals surface area contributed by atoms with Gasteiger partial charge in [-0.05, 0) is 65.4 Å². The summed E-state index contributed by atoms with van der Waals surface area (Å²) >= 11 is 8.24. The molecule has 0 aliphatic carbocycles. The SMILES string of the molecule is CNC(=O)c1cc(I)cc(C)c1NC(=O)c1cc(CN2N=C(C(F)(F)C(F)(F)C(F)(F)F)NN2)nn1-c1ncccc1Cl. The third-order valence-corrected chi connectivity index (χ3v) is 6.74. The molecule has 0 saturated carbocycles. The number of nitrogens with zero attached hydrogens (tertiary/aromatic N) is 5. The lowest BCUT2D eigenvalue weighted by Gasteiger charge is -2.27. The quantitative estimate of drug-likeness (QED) is 0.199. The predicted molar refractivity (Wildman–Crippen MR) is 147 cm³/mol. The van der Waals surface area contributed by atoms with Crippen LogP contribution >= 0.6 is 34.2 Å². The highest BCUT2D eigenvalue weighted by atomic mass is 127. The monoisotopic (exact) mass is 747 g/mol. The van der Waals surface area contributed by atoms with Crippen molar-refractivity contribution in [1.29, 1.82) is 0 Å². The van der Waals surface area contributed by atoms with Crippen molar-refractivity contribution in [2.45, 2.75) is 31.5 Å². The molecule has 0 saturated heterocycles. The first-order chi connectivity index (χ1) is 20.0. The molecule has 0 atom stereocenters. The summed E-state index contributed by atoms with van der Waals surface area (Å²) in [6.45, 7) is 1.04. The highest BCUT2D eigenvalue weighted by Gasteiger charge is 2.75. The van der Waals surface area contributed by atoms with Gasteiger partial charge in [-0.2, -0.15) is 35.8 Å². The van der Waals surface area contributed by atoms with Crippen LogP contribution in [0.3, 0.4) is 0 Å². The average molecular weight is 748 g/mol. The first-order valence-electron chi connectivity index (χ1n) is 11.7. The maximum absolute atomic E-state index is 14.1. The second kappa shape index (κ2) is 11.8. The lowest BCUT2D eigenvalue weighted by molar-refractivity contribution is -0.336. The number of amidine groups is 1. The fourth-order valence-electron chi connectivity index (χ4n) is 3.75. The summed E-state index contributed by atoms with van der Waals surface area (Å²) in [6, 6.07) is 7.33. The second-order valence-corrected chi connectivity index (χ2v) is 10.5. The highest BCUT2D eigenvalue weighted by Crippen LogP contribution is 2.47. The minimum Gasteiger partial charge on any atom is -0.355 e. The van der Waals surface area contributed by atoms with Gasteiger partial charge in [0.25, 0.3) is 11.8 Å². The normalized spacial score (nSPS) is 13.9. The molecule has 0 bridgehead atoms. The van der Waals surface area contributed by atoms with Crippen LogP contribution in [0.25, 0.3) is 5.82 Å². The molecule has 2 aromatic heterocycles. The summed E-state index contributed by atoms with van der Waals surface area (Å²) in [5.41, 5.74) is 3.96. The zero-order chi connectivity index (χ0) is 31.9. The van der Waals surface area contributed by atoms with Gasteiger partial charge in [-0.1, -0.05) is 11.6 Å². The first-order valence-corrected chi connectivity index (χ1v) is 13.2. The van der Waals surface area contributed by atoms with E-state index in [4.69, 9.17) is 11.6 Å². The molecule has 20 heteroatoms. The van der Waals surface area contributed by atoms with E-state index in [1.54, 1.807) is 19.1 Å². The Hall–Kier alpha value is -3.72. The fraction of sp³-hybridized carbons (Fsp3) is 0.261. The molecule has 4 rings (SSSR count). The second-order valence-electron chi connectivity index (χ2n) is 8.81. The van der Waals surface area contributed by atoms with Crippen LogP contribution in [0, 0.1) is 10.5 Å². The minimum absolute atomic E-state index is 0.0398. The Morgan fingerprint density at radius 2 is 1.79 bits per heavy atom. The van der Waals surface area contributed by atoms with Gasteiger partial charge < -0.3 is 10.6 Å². The molecule has 230 valence electrons. The number of carbonyl (C=O) groups is 2. The number of amides is 2. The van der Waals surface area contributed by atoms with E-state index in [0.29, 0.717) is 14.3 Å². The van der Waals surface area contributed by atoms with Crippen LogP contribution in [0.1, 0.15) is 32.1 Å². The molecule has 1 aliphatic rings. The Bertz CT molecular complexity index is 1610. The number of aromatic nitrogens is 3. The summed E-state index contributed by atoms with van der Waals surface area (Å²) in [4.78, 5) is 30.1. The highest BCUT2D eigenvalue weighted by molar-refractivity contribution is 14.1. The van der Waals surface area contributed by atoms with Crippen molar-refractivity contribution in [3.8, 4) is 5.82 Å². The van der Waals surface area contributed by atoms with Gasteiger partial charge in [0.2, 0.25) is 5.84 Å². The van der Waals surface area contributed by atoms with E-state index < -0.39 is 42.2 Å². The van der Waals surface area contributed by atoms with Crippen molar-refractivity contribution in [3.05, 3.63) is 67.6 Å². The number of hydrazine groups is 2. The molecule has 43 heavy (non-hydrogen) atoms. The maximum atomic E-state index is 14.1. The van der Waals surface area contributed by atoms with E-state index in [-0.39, 0.29) is 33.5 Å². The van der Waals surface area contributed by atoms with Gasteiger partial charge >= 0.3 is 18.0 Å². The van der Waals surface area contributed by atoms with Crippen molar-refractivity contribution in [3.63, 3.8) is 0 Å². The number of hydrogen-bond acceptors (Lipinski definition) is 8. The largest absolute Gasteiger partial charge is 0.460 e. The van der Waals surface area contributed by atoms with Gasteiger partial charge in [-0.15, -0.1) is 10.6 Å². The van der Waals surface area contributed by atoms with Crippen molar-refractivity contribution in [2.24, 2.45) is 5.10 Å². The molecule has 1 aromatic carbocycles. The molecule has 3 heterocycles. The standard InChI is InChI=1S/C23H18ClF7IN9O2/c1-10-6-11(32)7-13(18(42)33-2)16(10)35-19(43)15-8-12(37-41(15)17-14(24)4-3-5-34-17)9-40-38-20(36-39-40)21(25,26)22(27,28)23(29,30)31/h3-8,39H,9H2,1-2H3,(H,33,42)(H,35,43)(H,36,38). The molecule has 4 N–H and O–H groups in total. The number of anilines is 1. The van der Waals surface area contributed by atoms with E-state index in [0.717, 1.165) is 10.7 Å². The number of halogens is 9. The Morgan fingerprint density at radius 3 is 2.42 bits per heavy atom. The van der Waals surface area contributed by atoms with Crippen LogP contribution in [0.4, 0.5) is 36.4 Å². The summed E-state index contributed by atoms with van der Waals surface area (Å²) in [5, 5.41) is 12.9. The number of carbonyl (C=O) groups excluding carboxylic acids is 2. The summed E-state index contributed by atoms with van der Waals surface area (Å²) < 4.78 is 94.6. The number of hydrazone groups is 1. The van der Waals surface area contributed by atoms with Gasteiger partial charge in [0, 0.05) is 16.8 Å². The van der Waals surface area contributed by atoms with E-state index in [9.17, 15) is 40.3 Å². The Kier molecular flexibility index (Phi) is 8.80. The molecular weight excluding hydrogens is 730 g/mol. The maximum Gasteiger partial charge on any atom is 0.460 e. The fourth-order valence-corrected chi connectivity index (χ4v) is 4.73. The van der Waals surface area contributed by atoms with Crippen molar-refractivity contribution in [2.75, 3.05) is 12.4 Å². The van der Waals surface area contributed by atoms with Crippen molar-refractivity contribution >= 4 is 57.5 Å². The first kappa shape index (κ1) is 32.2. The van der Waals surface area contributed by atoms with E-state index in [1.165, 1.54) is 30.8 Å². The number of alkyl halides is 7. The van der Waals surface area contributed by atoms with Crippen LogP contribution < -0.4 is 21.6 Å². The van der Waals surface area contributed by atoms with Gasteiger partial charge in [-0.25, -0.2) is 14.8 Å². The van der Waals surface area contributed by atoms with Crippen LogP contribution in [-0.2, 0) is 6.54 Å². The third-order valence-electron chi connectivity index (χ3n) is 5.83. The molecule has 0 spiro atoms. The molecule has 0 unspecified atom stereocenters. The number of rotatable bonds is 8. The minimum atomic E-state index is -6.57. The predicted octanol–water partition coefficient (Wildman–Crippen LogP) is 4.42. The van der Waals surface area contributed by atoms with Crippen molar-refractivity contribution in [1.82, 2.24) is 36.2 Å². The smallest absolute Gasteiger partial charge is 0.355 e. The van der Waals surface area contributed by atoms with Gasteiger partial charge in [-0.3, -0.25) is 15.0 Å². The van der Waals surface area contributed by atoms with E-state index in [2.05, 4.69) is 25.8 Å². The van der Waals surface area contributed by atoms with Crippen molar-refractivity contribution < 1.29 is 40.3 Å². The molecule has 1 aliphatic heterocycles. The Morgan fingerprint density at radius 1 is 1.09 bits per heavy atom. The number of pyridine rings is 1. The van der Waals surface area contributed by atoms with E-state index in [1.807, 2.05) is 28.1 Å². The number of nitrogens with one attached hydrogen (secondary N) is 4. The van der Waals surface area contributed by atoms with Crippen LogP contribution in [0.15, 0.2) is 41.6 Å². The van der Waals surface area contributed by atoms with Crippen LogP contribution in [0.2, 0.25) is 5.02 Å². The third kappa shape index (κ3) is 6.18. The topological polar surface area (TPSA) is 129 Å². The van der Waals surface area contributed by atoms with Crippen LogP contribution in [-0.4, -0.2) is 62.6 Å². The number of hydrogen-bond donors (Lipinski definition) is 4. The zero-order valence-corrected chi connectivity index (χ0v) is 24.5. The zero-order valence-electron chi connectivity index (χ0n) is 21.6. The van der Waals surface area contributed by atoms with Gasteiger partial charge in [0.1, 0.15) is 5.69 Å². The van der Waals surface area contributed by atoms with Gasteiger partial charge in [0.15, 0.2) is 5.82 Å². The number of benzene rings is 1. The summed E-state index contributed by atoms with van der Waals surface area (Å²) in [6.07, 6.45) is -5.23. The molecular formula is C23H18ClF7IN9O2. The lowest BCUT2D eigenvalue weighted by Crippen LogP contribution is -2.59. The van der Waals surface area contributed by atoms with Gasteiger partial charge in [0.05, 0.1) is 28.5 Å². The van der Waals surface area contributed by atoms with Crippen LogP contribution in [0.5, 0.6) is 0 Å². The molecule has 0 radical (unpaired) electrons. The molecule has 3 aromatic rings. The van der Waals surface area contributed by atoms with E-state index >= 15 is 0 Å². The lowest BCUT2D eigenvalue weighted by atomic mass is 10.1. The Balaban J connectivity index is 1.70. The number of aryl methyl sites for hydroxylation is 1. The Labute approximate surface area is 255 Å². The average Bonchev–Trinajstić information content (AvgIpc) is 3.57. The molecule has 11 nitrogen and oxygen atoms in total. The summed E-state index contributed by atoms with van der Waals surface area (Å²) in [5.74, 6) is -15.5. The molecule has 2 amide bonds. The summed E-state index contributed by atoms with van der Waals surface area (Å²) in [7, 11) is 1.41.